The van der Waals surface area contributed by atoms with Gasteiger partial charge in [0.15, 0.2) is 0 Å². The normalized spacial score (nSPS) is 12.2. The topological polar surface area (TPSA) is 43.4 Å². The molecule has 0 unspecified atom stereocenters. The molecule has 0 spiro atoms. The Labute approximate surface area is 148 Å². The zero-order chi connectivity index (χ0) is 18.1. The maximum absolute atomic E-state index is 12.8. The van der Waals surface area contributed by atoms with Gasteiger partial charge in [0.05, 0.1) is 12.0 Å². The summed E-state index contributed by atoms with van der Waals surface area (Å²) in [5.74, 6) is 0.775. The van der Waals surface area contributed by atoms with E-state index in [1.165, 1.54) is 0 Å². The van der Waals surface area contributed by atoms with Crippen LogP contribution < -0.4 is 4.74 Å². The number of aryl methyl sites for hydroxylation is 2. The van der Waals surface area contributed by atoms with Gasteiger partial charge in [-0.3, -0.25) is 0 Å². The van der Waals surface area contributed by atoms with Crippen LogP contribution in [0.15, 0.2) is 46.2 Å². The number of ether oxygens (including phenoxy) is 1. The quantitative estimate of drug-likeness (QED) is 0.709. The Morgan fingerprint density at radius 1 is 1.00 bits per heavy atom. The van der Waals surface area contributed by atoms with Crippen molar-refractivity contribution in [2.75, 3.05) is 7.11 Å². The summed E-state index contributed by atoms with van der Waals surface area (Å²) in [6, 6.07) is 10.8. The summed E-state index contributed by atoms with van der Waals surface area (Å²) in [4.78, 5) is 1.08. The molecular weight excluding hydrogens is 340 g/mol. The highest BCUT2D eigenvalue weighted by atomic mass is 33.1. The molecule has 3 nitrogen and oxygen atoms in total. The lowest BCUT2D eigenvalue weighted by Crippen LogP contribution is -2.14. The SMILES string of the molecule is COc1cc(C(C)(C)C)c(SS(=O)(=O)c2ccc(C)cc2)cc1C. The van der Waals surface area contributed by atoms with Crippen LogP contribution >= 0.6 is 10.8 Å². The van der Waals surface area contributed by atoms with Gasteiger partial charge < -0.3 is 4.74 Å². The summed E-state index contributed by atoms with van der Waals surface area (Å²) in [7, 11) is -0.935. The van der Waals surface area contributed by atoms with Gasteiger partial charge in [-0.15, -0.1) is 0 Å². The van der Waals surface area contributed by atoms with Gasteiger partial charge in [0.1, 0.15) is 5.75 Å². The molecule has 2 aromatic carbocycles. The van der Waals surface area contributed by atoms with Crippen molar-refractivity contribution in [3.8, 4) is 5.75 Å². The molecular formula is C19H24O3S2. The molecule has 0 aromatic heterocycles. The van der Waals surface area contributed by atoms with Crippen molar-refractivity contribution < 1.29 is 13.2 Å². The number of rotatable bonds is 4. The molecule has 24 heavy (non-hydrogen) atoms. The van der Waals surface area contributed by atoms with Crippen LogP contribution in [-0.2, 0) is 14.3 Å². The Bertz CT molecular complexity index is 830. The molecule has 0 fully saturated rings. The Morgan fingerprint density at radius 3 is 2.08 bits per heavy atom. The smallest absolute Gasteiger partial charge is 0.234 e. The number of benzene rings is 2. The Balaban J connectivity index is 2.52. The highest BCUT2D eigenvalue weighted by Gasteiger charge is 2.25. The molecule has 0 saturated heterocycles. The molecule has 0 aliphatic carbocycles. The lowest BCUT2D eigenvalue weighted by molar-refractivity contribution is 0.408. The minimum atomic E-state index is -3.47. The first-order valence-corrected chi connectivity index (χ1v) is 10.6. The third kappa shape index (κ3) is 4.14. The second-order valence-corrected chi connectivity index (χ2v) is 10.7. The van der Waals surface area contributed by atoms with E-state index in [0.29, 0.717) is 4.90 Å². The van der Waals surface area contributed by atoms with Gasteiger partial charge in [0.2, 0.25) is 8.87 Å². The van der Waals surface area contributed by atoms with Gasteiger partial charge >= 0.3 is 0 Å². The van der Waals surface area contributed by atoms with Gasteiger partial charge in [-0.05, 0) is 54.7 Å². The maximum Gasteiger partial charge on any atom is 0.234 e. The first-order chi connectivity index (χ1) is 11.0. The Morgan fingerprint density at radius 2 is 1.58 bits per heavy atom. The number of methoxy groups -OCH3 is 1. The van der Waals surface area contributed by atoms with Crippen LogP contribution in [0.3, 0.4) is 0 Å². The Kier molecular flexibility index (Phi) is 5.35. The first kappa shape index (κ1) is 18.9. The van der Waals surface area contributed by atoms with Gasteiger partial charge in [-0.25, -0.2) is 8.42 Å². The summed E-state index contributed by atoms with van der Waals surface area (Å²) >= 11 is 0. The van der Waals surface area contributed by atoms with Gasteiger partial charge in [0, 0.05) is 15.7 Å². The molecule has 0 heterocycles. The number of hydrogen-bond acceptors (Lipinski definition) is 4. The second kappa shape index (κ2) is 6.81. The van der Waals surface area contributed by atoms with E-state index in [1.54, 1.807) is 19.2 Å². The molecule has 2 aromatic rings. The van der Waals surface area contributed by atoms with Crippen LogP contribution in [0.5, 0.6) is 5.75 Å². The predicted molar refractivity (Wildman–Crippen MR) is 101 cm³/mol. The molecule has 0 aliphatic heterocycles. The minimum Gasteiger partial charge on any atom is -0.496 e. The molecule has 0 bridgehead atoms. The molecule has 0 saturated carbocycles. The highest BCUT2D eigenvalue weighted by molar-refractivity contribution is 8.72. The molecule has 0 radical (unpaired) electrons. The molecule has 0 aliphatic rings. The maximum atomic E-state index is 12.8. The van der Waals surface area contributed by atoms with E-state index in [9.17, 15) is 8.42 Å². The van der Waals surface area contributed by atoms with E-state index < -0.39 is 8.87 Å². The largest absolute Gasteiger partial charge is 0.496 e. The van der Waals surface area contributed by atoms with Crippen molar-refractivity contribution in [1.29, 1.82) is 0 Å². The fraction of sp³-hybridized carbons (Fsp3) is 0.368. The van der Waals surface area contributed by atoms with E-state index in [1.807, 2.05) is 38.1 Å². The van der Waals surface area contributed by atoms with Crippen LogP contribution in [-0.4, -0.2) is 15.5 Å². The van der Waals surface area contributed by atoms with E-state index in [0.717, 1.165) is 38.1 Å². The molecule has 130 valence electrons. The standard InChI is InChI=1S/C19H24O3S2/c1-13-7-9-15(10-8-13)24(20,21)23-18-11-14(2)17(22-6)12-16(18)19(3,4)5/h7-12H,1-6H3. The highest BCUT2D eigenvalue weighted by Crippen LogP contribution is 2.41. The van der Waals surface area contributed by atoms with Gasteiger partial charge in [-0.1, -0.05) is 38.5 Å². The molecule has 5 heteroatoms. The molecule has 2 rings (SSSR count). The van der Waals surface area contributed by atoms with E-state index in [2.05, 4.69) is 20.8 Å². The molecule has 0 amide bonds. The Hall–Kier alpha value is -1.46. The van der Waals surface area contributed by atoms with Crippen molar-refractivity contribution >= 4 is 19.7 Å². The summed E-state index contributed by atoms with van der Waals surface area (Å²) in [6.45, 7) is 10.1. The third-order valence-corrected chi connectivity index (χ3v) is 7.17. The molecule has 0 N–H and O–H groups in total. The van der Waals surface area contributed by atoms with E-state index >= 15 is 0 Å². The number of hydrogen-bond donors (Lipinski definition) is 0. The second-order valence-electron chi connectivity index (χ2n) is 6.92. The van der Waals surface area contributed by atoms with Crippen LogP contribution in [0, 0.1) is 13.8 Å². The van der Waals surface area contributed by atoms with Crippen molar-refractivity contribution in [3.63, 3.8) is 0 Å². The van der Waals surface area contributed by atoms with Crippen LogP contribution in [0.1, 0.15) is 37.5 Å². The van der Waals surface area contributed by atoms with Crippen LogP contribution in [0.25, 0.3) is 0 Å². The summed E-state index contributed by atoms with van der Waals surface area (Å²) in [6.07, 6.45) is 0. The van der Waals surface area contributed by atoms with Crippen LogP contribution in [0.4, 0.5) is 0 Å². The lowest BCUT2D eigenvalue weighted by atomic mass is 9.86. The summed E-state index contributed by atoms with van der Waals surface area (Å²) < 4.78 is 31.0. The fourth-order valence-electron chi connectivity index (χ4n) is 2.41. The average molecular weight is 365 g/mol. The van der Waals surface area contributed by atoms with E-state index in [-0.39, 0.29) is 5.41 Å². The third-order valence-electron chi connectivity index (χ3n) is 3.81. The molecule has 0 atom stereocenters. The minimum absolute atomic E-state index is 0.188. The zero-order valence-corrected chi connectivity index (χ0v) is 16.6. The average Bonchev–Trinajstić information content (AvgIpc) is 2.46. The lowest BCUT2D eigenvalue weighted by Gasteiger charge is -2.24. The fourth-order valence-corrected chi connectivity index (χ4v) is 5.63. The van der Waals surface area contributed by atoms with Crippen molar-refractivity contribution in [1.82, 2.24) is 0 Å². The monoisotopic (exact) mass is 364 g/mol. The van der Waals surface area contributed by atoms with Gasteiger partial charge in [-0.2, -0.15) is 0 Å². The first-order valence-electron chi connectivity index (χ1n) is 7.75. The van der Waals surface area contributed by atoms with Crippen LogP contribution in [0.2, 0.25) is 0 Å². The van der Waals surface area contributed by atoms with Crippen molar-refractivity contribution in [2.24, 2.45) is 0 Å². The van der Waals surface area contributed by atoms with Crippen molar-refractivity contribution in [2.45, 2.75) is 49.8 Å². The summed E-state index contributed by atoms with van der Waals surface area (Å²) in [5, 5.41) is 0. The van der Waals surface area contributed by atoms with E-state index in [4.69, 9.17) is 4.74 Å². The zero-order valence-electron chi connectivity index (χ0n) is 15.0. The predicted octanol–water partition coefficient (Wildman–Crippen LogP) is 5.09. The summed E-state index contributed by atoms with van der Waals surface area (Å²) in [5.41, 5.74) is 2.74. The van der Waals surface area contributed by atoms with Crippen molar-refractivity contribution in [3.05, 3.63) is 53.1 Å². The van der Waals surface area contributed by atoms with Gasteiger partial charge in [0.25, 0.3) is 0 Å².